The van der Waals surface area contributed by atoms with Crippen molar-refractivity contribution in [1.29, 1.82) is 0 Å². The summed E-state index contributed by atoms with van der Waals surface area (Å²) in [5.41, 5.74) is 0.800. The molecule has 0 radical (unpaired) electrons. The van der Waals surface area contributed by atoms with Gasteiger partial charge < -0.3 is 0 Å². The Morgan fingerprint density at radius 2 is 2.00 bits per heavy atom. The molecule has 1 saturated carbocycles. The predicted molar refractivity (Wildman–Crippen MR) is 41.4 cm³/mol. The summed E-state index contributed by atoms with van der Waals surface area (Å²) in [5.74, 6) is 1.03. The first-order valence-electron chi connectivity index (χ1n) is 4.25. The Balaban J connectivity index is 2.33. The predicted octanol–water partition coefficient (Wildman–Crippen LogP) is 3.22. The summed E-state index contributed by atoms with van der Waals surface area (Å²) >= 11 is 0. The van der Waals surface area contributed by atoms with Crippen LogP contribution in [0.4, 0.5) is 0 Å². The highest BCUT2D eigenvalue weighted by atomic mass is 14.5. The molecule has 0 bridgehead atoms. The van der Waals surface area contributed by atoms with Gasteiger partial charge in [-0.2, -0.15) is 0 Å². The maximum absolute atomic E-state index is 2.39. The van der Waals surface area contributed by atoms with E-state index in [1.54, 1.807) is 0 Å². The highest BCUT2D eigenvalue weighted by Crippen LogP contribution is 2.57. The minimum Gasteiger partial charge on any atom is -0.0654 e. The molecule has 9 heavy (non-hydrogen) atoms. The van der Waals surface area contributed by atoms with Crippen LogP contribution in [0.25, 0.3) is 0 Å². The molecule has 0 aliphatic heterocycles. The van der Waals surface area contributed by atoms with Crippen molar-refractivity contribution in [3.05, 3.63) is 0 Å². The average molecular weight is 126 g/mol. The van der Waals surface area contributed by atoms with Gasteiger partial charge in [0.05, 0.1) is 0 Å². The summed E-state index contributed by atoms with van der Waals surface area (Å²) in [5, 5.41) is 0. The molecule has 2 atom stereocenters. The summed E-state index contributed by atoms with van der Waals surface area (Å²) in [6, 6.07) is 0. The van der Waals surface area contributed by atoms with E-state index in [0.29, 0.717) is 0 Å². The van der Waals surface area contributed by atoms with Crippen molar-refractivity contribution in [1.82, 2.24) is 0 Å². The Hall–Kier alpha value is 0. The van der Waals surface area contributed by atoms with E-state index >= 15 is 0 Å². The Morgan fingerprint density at radius 3 is 2.11 bits per heavy atom. The summed E-state index contributed by atoms with van der Waals surface area (Å²) in [4.78, 5) is 0. The van der Waals surface area contributed by atoms with Crippen LogP contribution in [0.15, 0.2) is 0 Å². The Labute approximate surface area is 58.7 Å². The molecule has 1 fully saturated rings. The van der Waals surface area contributed by atoms with Gasteiger partial charge in [0.25, 0.3) is 0 Å². The van der Waals surface area contributed by atoms with Gasteiger partial charge in [0.2, 0.25) is 0 Å². The van der Waals surface area contributed by atoms with Crippen LogP contribution < -0.4 is 0 Å². The average Bonchev–Trinajstić information content (AvgIpc) is 2.45. The largest absolute Gasteiger partial charge is 0.0654 e. The fraction of sp³-hybridized carbons (Fsp3) is 1.00. The first kappa shape index (κ1) is 7.11. The molecule has 0 aromatic rings. The van der Waals surface area contributed by atoms with Crippen LogP contribution in [0.2, 0.25) is 0 Å². The van der Waals surface area contributed by atoms with Gasteiger partial charge in [-0.05, 0) is 24.2 Å². The molecule has 0 saturated heterocycles. The van der Waals surface area contributed by atoms with Crippen LogP contribution in [-0.4, -0.2) is 0 Å². The standard InChI is InChI=1S/C9H18/c1-4-6-9(5-2)7-8(9)3/h8H,4-7H2,1-3H3. The van der Waals surface area contributed by atoms with Crippen molar-refractivity contribution in [3.63, 3.8) is 0 Å². The minimum atomic E-state index is 0.800. The van der Waals surface area contributed by atoms with Crippen LogP contribution >= 0.6 is 0 Å². The van der Waals surface area contributed by atoms with E-state index in [2.05, 4.69) is 20.8 Å². The lowest BCUT2D eigenvalue weighted by Gasteiger charge is -2.10. The van der Waals surface area contributed by atoms with Crippen molar-refractivity contribution in [2.45, 2.75) is 46.5 Å². The van der Waals surface area contributed by atoms with Gasteiger partial charge >= 0.3 is 0 Å². The molecular formula is C9H18. The van der Waals surface area contributed by atoms with E-state index in [-0.39, 0.29) is 0 Å². The summed E-state index contributed by atoms with van der Waals surface area (Å²) in [6.45, 7) is 7.01. The summed E-state index contributed by atoms with van der Waals surface area (Å²) in [6.07, 6.45) is 5.74. The molecule has 54 valence electrons. The van der Waals surface area contributed by atoms with Gasteiger partial charge in [-0.1, -0.05) is 33.6 Å². The third kappa shape index (κ3) is 1.12. The fourth-order valence-corrected chi connectivity index (χ4v) is 2.07. The maximum Gasteiger partial charge on any atom is -0.0272 e. The Kier molecular flexibility index (Phi) is 1.83. The lowest BCUT2D eigenvalue weighted by molar-refractivity contribution is 0.408. The van der Waals surface area contributed by atoms with Crippen LogP contribution in [0.1, 0.15) is 46.5 Å². The molecule has 0 aromatic heterocycles. The molecule has 1 aliphatic rings. The molecule has 0 aromatic carbocycles. The van der Waals surface area contributed by atoms with Gasteiger partial charge in [-0.3, -0.25) is 0 Å². The SMILES string of the molecule is CCCC1(CC)CC1C. The normalized spacial score (nSPS) is 41.0. The zero-order valence-corrected chi connectivity index (χ0v) is 6.91. The third-order valence-corrected chi connectivity index (χ3v) is 3.05. The highest BCUT2D eigenvalue weighted by molar-refractivity contribution is 4.97. The van der Waals surface area contributed by atoms with Crippen molar-refractivity contribution < 1.29 is 0 Å². The molecule has 2 unspecified atom stereocenters. The van der Waals surface area contributed by atoms with Crippen LogP contribution in [0, 0.1) is 11.3 Å². The molecular weight excluding hydrogens is 108 g/mol. The third-order valence-electron chi connectivity index (χ3n) is 3.05. The van der Waals surface area contributed by atoms with Gasteiger partial charge in [0.15, 0.2) is 0 Å². The van der Waals surface area contributed by atoms with Crippen LogP contribution in [0.5, 0.6) is 0 Å². The zero-order valence-electron chi connectivity index (χ0n) is 6.91. The first-order chi connectivity index (χ1) is 4.25. The minimum absolute atomic E-state index is 0.800. The van der Waals surface area contributed by atoms with Gasteiger partial charge in [0, 0.05) is 0 Å². The summed E-state index contributed by atoms with van der Waals surface area (Å²) in [7, 11) is 0. The monoisotopic (exact) mass is 126 g/mol. The molecule has 0 spiro atoms. The van der Waals surface area contributed by atoms with Gasteiger partial charge in [-0.25, -0.2) is 0 Å². The quantitative estimate of drug-likeness (QED) is 0.544. The van der Waals surface area contributed by atoms with E-state index in [0.717, 1.165) is 11.3 Å². The van der Waals surface area contributed by atoms with Gasteiger partial charge in [0.1, 0.15) is 0 Å². The smallest absolute Gasteiger partial charge is 0.0272 e. The number of hydrogen-bond acceptors (Lipinski definition) is 0. The lowest BCUT2D eigenvalue weighted by Crippen LogP contribution is -1.99. The second kappa shape index (κ2) is 2.32. The number of hydrogen-bond donors (Lipinski definition) is 0. The molecule has 0 heteroatoms. The van der Waals surface area contributed by atoms with Crippen LogP contribution in [0.3, 0.4) is 0 Å². The van der Waals surface area contributed by atoms with E-state index < -0.39 is 0 Å². The van der Waals surface area contributed by atoms with Gasteiger partial charge in [-0.15, -0.1) is 0 Å². The summed E-state index contributed by atoms with van der Waals surface area (Å²) < 4.78 is 0. The van der Waals surface area contributed by atoms with Crippen molar-refractivity contribution in [2.24, 2.45) is 11.3 Å². The second-order valence-corrected chi connectivity index (χ2v) is 3.57. The van der Waals surface area contributed by atoms with Crippen molar-refractivity contribution in [3.8, 4) is 0 Å². The molecule has 1 rings (SSSR count). The molecule has 0 amide bonds. The fourth-order valence-electron chi connectivity index (χ4n) is 2.07. The number of rotatable bonds is 3. The van der Waals surface area contributed by atoms with E-state index in [1.165, 1.54) is 25.7 Å². The Morgan fingerprint density at radius 1 is 1.44 bits per heavy atom. The zero-order chi connectivity index (χ0) is 6.91. The van der Waals surface area contributed by atoms with E-state index in [9.17, 15) is 0 Å². The lowest BCUT2D eigenvalue weighted by atomic mass is 9.95. The molecule has 0 N–H and O–H groups in total. The molecule has 0 heterocycles. The second-order valence-electron chi connectivity index (χ2n) is 3.57. The topological polar surface area (TPSA) is 0 Å². The van der Waals surface area contributed by atoms with Crippen molar-refractivity contribution >= 4 is 0 Å². The first-order valence-corrected chi connectivity index (χ1v) is 4.25. The van der Waals surface area contributed by atoms with E-state index in [1.807, 2.05) is 0 Å². The van der Waals surface area contributed by atoms with Crippen LogP contribution in [-0.2, 0) is 0 Å². The Bertz CT molecular complexity index is 92.2. The maximum atomic E-state index is 2.39. The molecule has 0 nitrogen and oxygen atoms in total. The van der Waals surface area contributed by atoms with E-state index in [4.69, 9.17) is 0 Å². The van der Waals surface area contributed by atoms with Crippen molar-refractivity contribution in [2.75, 3.05) is 0 Å². The highest BCUT2D eigenvalue weighted by Gasteiger charge is 2.47. The molecule has 1 aliphatic carbocycles.